The summed E-state index contributed by atoms with van der Waals surface area (Å²) in [5.74, 6) is 1.23. The van der Waals surface area contributed by atoms with E-state index in [0.29, 0.717) is 36.8 Å². The van der Waals surface area contributed by atoms with E-state index in [9.17, 15) is 4.79 Å². The lowest BCUT2D eigenvalue weighted by atomic mass is 10.0. The van der Waals surface area contributed by atoms with Crippen LogP contribution in [-0.4, -0.2) is 50.8 Å². The lowest BCUT2D eigenvalue weighted by Crippen LogP contribution is -2.44. The first-order valence-corrected chi connectivity index (χ1v) is 9.74. The van der Waals surface area contributed by atoms with Gasteiger partial charge < -0.3 is 19.1 Å². The Morgan fingerprint density at radius 3 is 2.62 bits per heavy atom. The third kappa shape index (κ3) is 4.37. The van der Waals surface area contributed by atoms with Crippen molar-refractivity contribution < 1.29 is 19.0 Å². The summed E-state index contributed by atoms with van der Waals surface area (Å²) >= 11 is 1.73. The van der Waals surface area contributed by atoms with Gasteiger partial charge in [0.25, 0.3) is 5.91 Å². The van der Waals surface area contributed by atoms with Gasteiger partial charge >= 0.3 is 0 Å². The van der Waals surface area contributed by atoms with Gasteiger partial charge in [0, 0.05) is 36.2 Å². The van der Waals surface area contributed by atoms with Crippen LogP contribution in [0.2, 0.25) is 0 Å². The molecule has 2 aromatic rings. The zero-order valence-corrected chi connectivity index (χ0v) is 16.1. The molecule has 0 atom stereocenters. The number of thiophene rings is 1. The molecule has 0 radical (unpaired) electrons. The van der Waals surface area contributed by atoms with Crippen LogP contribution in [0, 0.1) is 0 Å². The number of ether oxygens (including phenoxy) is 3. The summed E-state index contributed by atoms with van der Waals surface area (Å²) in [5.41, 5.74) is 0.625. The highest BCUT2D eigenvalue weighted by Crippen LogP contribution is 2.29. The monoisotopic (exact) mass is 375 g/mol. The van der Waals surface area contributed by atoms with Crippen molar-refractivity contribution in [3.63, 3.8) is 0 Å². The van der Waals surface area contributed by atoms with Crippen molar-refractivity contribution in [2.45, 2.75) is 25.3 Å². The van der Waals surface area contributed by atoms with Crippen molar-refractivity contribution in [3.05, 3.63) is 46.2 Å². The molecule has 6 heteroatoms. The number of carbonyl (C=O) groups is 1. The Kier molecular flexibility index (Phi) is 6.52. The number of benzene rings is 1. The lowest BCUT2D eigenvalue weighted by Gasteiger charge is -2.34. The van der Waals surface area contributed by atoms with Gasteiger partial charge in [0.2, 0.25) is 0 Å². The largest absolute Gasteiger partial charge is 0.493 e. The fraction of sp³-hybridized carbons (Fsp3) is 0.450. The van der Waals surface area contributed by atoms with E-state index < -0.39 is 0 Å². The SMILES string of the molecule is COc1ccc(C(=O)N(CCc2cccs2)C2CCOCC2)cc1OC. The molecule has 1 fully saturated rings. The predicted molar refractivity (Wildman–Crippen MR) is 102 cm³/mol. The number of rotatable bonds is 7. The first kappa shape index (κ1) is 18.7. The molecule has 1 aliphatic heterocycles. The summed E-state index contributed by atoms with van der Waals surface area (Å²) in [6, 6.07) is 9.74. The van der Waals surface area contributed by atoms with Crippen LogP contribution in [0.4, 0.5) is 0 Å². The van der Waals surface area contributed by atoms with E-state index in [1.165, 1.54) is 4.88 Å². The molecule has 26 heavy (non-hydrogen) atoms. The van der Waals surface area contributed by atoms with Crippen molar-refractivity contribution in [3.8, 4) is 11.5 Å². The number of hydrogen-bond acceptors (Lipinski definition) is 5. The summed E-state index contributed by atoms with van der Waals surface area (Å²) in [7, 11) is 3.17. The van der Waals surface area contributed by atoms with Gasteiger partial charge in [-0.25, -0.2) is 0 Å². The van der Waals surface area contributed by atoms with Crippen LogP contribution in [-0.2, 0) is 11.2 Å². The van der Waals surface area contributed by atoms with Gasteiger partial charge in [-0.15, -0.1) is 11.3 Å². The third-order valence-corrected chi connectivity index (χ3v) is 5.64. The molecular formula is C20H25NO4S. The van der Waals surface area contributed by atoms with Gasteiger partial charge in [-0.3, -0.25) is 4.79 Å². The minimum absolute atomic E-state index is 0.0365. The molecule has 140 valence electrons. The van der Waals surface area contributed by atoms with Crippen molar-refractivity contribution >= 4 is 17.2 Å². The van der Waals surface area contributed by atoms with Crippen LogP contribution in [0.5, 0.6) is 11.5 Å². The van der Waals surface area contributed by atoms with E-state index in [1.54, 1.807) is 43.8 Å². The Hall–Kier alpha value is -2.05. The van der Waals surface area contributed by atoms with E-state index >= 15 is 0 Å². The molecule has 0 bridgehead atoms. The second kappa shape index (κ2) is 9.05. The van der Waals surface area contributed by atoms with Crippen LogP contribution in [0.25, 0.3) is 0 Å². The summed E-state index contributed by atoms with van der Waals surface area (Å²) in [6.07, 6.45) is 2.63. The maximum atomic E-state index is 13.3. The average molecular weight is 375 g/mol. The Morgan fingerprint density at radius 1 is 1.19 bits per heavy atom. The molecule has 5 nitrogen and oxygen atoms in total. The zero-order valence-electron chi connectivity index (χ0n) is 15.3. The van der Waals surface area contributed by atoms with Crippen molar-refractivity contribution in [1.82, 2.24) is 4.90 Å². The van der Waals surface area contributed by atoms with E-state index in [1.807, 2.05) is 4.90 Å². The second-order valence-electron chi connectivity index (χ2n) is 6.24. The zero-order chi connectivity index (χ0) is 18.4. The van der Waals surface area contributed by atoms with Crippen LogP contribution in [0.15, 0.2) is 35.7 Å². The molecule has 1 saturated heterocycles. The predicted octanol–water partition coefficient (Wildman–Crippen LogP) is 3.63. The minimum Gasteiger partial charge on any atom is -0.493 e. The summed E-state index contributed by atoms with van der Waals surface area (Å²) in [4.78, 5) is 16.6. The summed E-state index contributed by atoms with van der Waals surface area (Å²) in [5, 5.41) is 2.07. The lowest BCUT2D eigenvalue weighted by molar-refractivity contribution is 0.0293. The molecule has 1 aromatic carbocycles. The molecule has 0 N–H and O–H groups in total. The molecule has 0 aliphatic carbocycles. The molecule has 0 saturated carbocycles. The quantitative estimate of drug-likeness (QED) is 0.741. The van der Waals surface area contributed by atoms with Crippen molar-refractivity contribution in [2.24, 2.45) is 0 Å². The van der Waals surface area contributed by atoms with Gasteiger partial charge in [0.15, 0.2) is 11.5 Å². The molecule has 3 rings (SSSR count). The normalized spacial score (nSPS) is 14.8. The van der Waals surface area contributed by atoms with Crippen LogP contribution in [0.3, 0.4) is 0 Å². The Morgan fingerprint density at radius 2 is 1.96 bits per heavy atom. The van der Waals surface area contributed by atoms with Gasteiger partial charge in [-0.05, 0) is 48.9 Å². The smallest absolute Gasteiger partial charge is 0.254 e. The average Bonchev–Trinajstić information content (AvgIpc) is 3.21. The molecule has 2 heterocycles. The highest BCUT2D eigenvalue weighted by atomic mass is 32.1. The van der Waals surface area contributed by atoms with Gasteiger partial charge in [-0.2, -0.15) is 0 Å². The summed E-state index contributed by atoms with van der Waals surface area (Å²) in [6.45, 7) is 2.12. The first-order chi connectivity index (χ1) is 12.7. The highest BCUT2D eigenvalue weighted by molar-refractivity contribution is 7.09. The van der Waals surface area contributed by atoms with E-state index in [2.05, 4.69) is 17.5 Å². The Labute approximate surface area is 158 Å². The second-order valence-corrected chi connectivity index (χ2v) is 7.27. The number of carbonyl (C=O) groups excluding carboxylic acids is 1. The van der Waals surface area contributed by atoms with Crippen LogP contribution in [0.1, 0.15) is 28.1 Å². The standard InChI is InChI=1S/C20H25NO4S/c1-23-18-6-5-15(14-19(18)24-2)20(22)21(16-8-11-25-12-9-16)10-7-17-4-3-13-26-17/h3-6,13-14,16H,7-12H2,1-2H3. The maximum Gasteiger partial charge on any atom is 0.254 e. The van der Waals surface area contributed by atoms with Crippen molar-refractivity contribution in [1.29, 1.82) is 0 Å². The molecule has 0 spiro atoms. The van der Waals surface area contributed by atoms with E-state index in [4.69, 9.17) is 14.2 Å². The Balaban J connectivity index is 1.81. The fourth-order valence-corrected chi connectivity index (χ4v) is 3.97. The van der Waals surface area contributed by atoms with Gasteiger partial charge in [0.1, 0.15) is 0 Å². The number of methoxy groups -OCH3 is 2. The molecule has 0 unspecified atom stereocenters. The highest BCUT2D eigenvalue weighted by Gasteiger charge is 2.27. The van der Waals surface area contributed by atoms with Crippen molar-refractivity contribution in [2.75, 3.05) is 34.0 Å². The minimum atomic E-state index is 0.0365. The number of hydrogen-bond donors (Lipinski definition) is 0. The topological polar surface area (TPSA) is 48.0 Å². The number of nitrogens with zero attached hydrogens (tertiary/aromatic N) is 1. The fourth-order valence-electron chi connectivity index (χ4n) is 3.27. The maximum absolute atomic E-state index is 13.3. The molecule has 1 aliphatic rings. The first-order valence-electron chi connectivity index (χ1n) is 8.86. The van der Waals surface area contributed by atoms with Crippen LogP contribution >= 0.6 is 11.3 Å². The van der Waals surface area contributed by atoms with Gasteiger partial charge in [0.05, 0.1) is 14.2 Å². The van der Waals surface area contributed by atoms with Crippen LogP contribution < -0.4 is 9.47 Å². The molecule has 1 amide bonds. The molecular weight excluding hydrogens is 350 g/mol. The molecule has 1 aromatic heterocycles. The number of amides is 1. The summed E-state index contributed by atoms with van der Waals surface area (Å²) < 4.78 is 16.1. The van der Waals surface area contributed by atoms with E-state index in [-0.39, 0.29) is 11.9 Å². The Bertz CT molecular complexity index is 711. The van der Waals surface area contributed by atoms with Gasteiger partial charge in [-0.1, -0.05) is 6.07 Å². The third-order valence-electron chi connectivity index (χ3n) is 4.70. The van der Waals surface area contributed by atoms with E-state index in [0.717, 1.165) is 19.3 Å².